The van der Waals surface area contributed by atoms with Crippen molar-refractivity contribution in [2.75, 3.05) is 6.54 Å². The van der Waals surface area contributed by atoms with E-state index in [0.717, 1.165) is 17.8 Å². The van der Waals surface area contributed by atoms with Crippen molar-refractivity contribution in [3.63, 3.8) is 0 Å². The van der Waals surface area contributed by atoms with Crippen LogP contribution in [0.15, 0.2) is 11.6 Å². The molecule has 1 aliphatic rings. The third-order valence-electron chi connectivity index (χ3n) is 3.47. The molecule has 0 saturated heterocycles. The van der Waals surface area contributed by atoms with Crippen LogP contribution in [0, 0.1) is 13.8 Å². The summed E-state index contributed by atoms with van der Waals surface area (Å²) < 4.78 is 0. The van der Waals surface area contributed by atoms with E-state index in [4.69, 9.17) is 0 Å². The van der Waals surface area contributed by atoms with Crippen LogP contribution in [0.5, 0.6) is 0 Å². The van der Waals surface area contributed by atoms with E-state index in [0.29, 0.717) is 12.1 Å². The van der Waals surface area contributed by atoms with Gasteiger partial charge in [0.2, 0.25) is 0 Å². The Morgan fingerprint density at radius 2 is 2.28 bits per heavy atom. The monoisotopic (exact) mass is 247 g/mol. The van der Waals surface area contributed by atoms with Gasteiger partial charge in [0, 0.05) is 12.2 Å². The van der Waals surface area contributed by atoms with Crippen molar-refractivity contribution in [2.45, 2.75) is 46.0 Å². The van der Waals surface area contributed by atoms with Crippen LogP contribution in [-0.2, 0) is 0 Å². The van der Waals surface area contributed by atoms with Gasteiger partial charge in [0.05, 0.1) is 11.3 Å². The fraction of sp³-hybridized carbons (Fsp3) is 0.571. The summed E-state index contributed by atoms with van der Waals surface area (Å²) in [6.07, 6.45) is 8.29. The Morgan fingerprint density at radius 1 is 1.44 bits per heavy atom. The zero-order valence-electron chi connectivity index (χ0n) is 11.2. The molecule has 1 aliphatic carbocycles. The largest absolute Gasteiger partial charge is 0.352 e. The molecule has 1 heterocycles. The topological polar surface area (TPSA) is 57.8 Å². The maximum atomic E-state index is 12.0. The Morgan fingerprint density at radius 3 is 2.89 bits per heavy atom. The number of nitrogens with one attached hydrogen (secondary N) is 2. The van der Waals surface area contributed by atoms with Gasteiger partial charge in [-0.25, -0.2) is 0 Å². The van der Waals surface area contributed by atoms with E-state index in [1.54, 1.807) is 0 Å². The van der Waals surface area contributed by atoms with Crippen LogP contribution in [-0.4, -0.2) is 22.6 Å². The van der Waals surface area contributed by atoms with Crippen molar-refractivity contribution < 1.29 is 4.79 Å². The summed E-state index contributed by atoms with van der Waals surface area (Å²) in [5, 5.41) is 9.85. The van der Waals surface area contributed by atoms with Crippen LogP contribution in [0.2, 0.25) is 0 Å². The van der Waals surface area contributed by atoms with Gasteiger partial charge in [0.15, 0.2) is 0 Å². The standard InChI is InChI=1S/C14H21N3O/c1-10-13(11(2)17-16-10)14(18)15-9-8-12-6-4-3-5-7-12/h6H,3-5,7-9H2,1-2H3,(H,15,18)(H,16,17). The molecule has 4 heteroatoms. The summed E-state index contributed by atoms with van der Waals surface area (Å²) in [5.41, 5.74) is 3.78. The minimum Gasteiger partial charge on any atom is -0.352 e. The first-order chi connectivity index (χ1) is 8.68. The molecule has 0 bridgehead atoms. The molecular weight excluding hydrogens is 226 g/mol. The second-order valence-corrected chi connectivity index (χ2v) is 4.92. The van der Waals surface area contributed by atoms with Gasteiger partial charge >= 0.3 is 0 Å². The molecule has 0 spiro atoms. The quantitative estimate of drug-likeness (QED) is 0.804. The summed E-state index contributed by atoms with van der Waals surface area (Å²) in [5.74, 6) is -0.0184. The van der Waals surface area contributed by atoms with E-state index < -0.39 is 0 Å². The lowest BCUT2D eigenvalue weighted by Gasteiger charge is -2.12. The van der Waals surface area contributed by atoms with E-state index >= 15 is 0 Å². The molecule has 0 aliphatic heterocycles. The van der Waals surface area contributed by atoms with E-state index in [2.05, 4.69) is 21.6 Å². The third-order valence-corrected chi connectivity index (χ3v) is 3.47. The van der Waals surface area contributed by atoms with Crippen molar-refractivity contribution in [1.82, 2.24) is 15.5 Å². The molecule has 0 unspecified atom stereocenters. The smallest absolute Gasteiger partial charge is 0.255 e. The second-order valence-electron chi connectivity index (χ2n) is 4.92. The first-order valence-corrected chi connectivity index (χ1v) is 6.66. The third kappa shape index (κ3) is 3.00. The van der Waals surface area contributed by atoms with Gasteiger partial charge in [-0.15, -0.1) is 0 Å². The molecular formula is C14H21N3O. The fourth-order valence-corrected chi connectivity index (χ4v) is 2.44. The highest BCUT2D eigenvalue weighted by Gasteiger charge is 2.14. The van der Waals surface area contributed by atoms with Crippen molar-refractivity contribution in [3.05, 3.63) is 28.6 Å². The van der Waals surface area contributed by atoms with E-state index in [1.165, 1.54) is 31.3 Å². The summed E-state index contributed by atoms with van der Waals surface area (Å²) in [6.45, 7) is 4.44. The van der Waals surface area contributed by atoms with Gasteiger partial charge in [-0.1, -0.05) is 11.6 Å². The number of aromatic nitrogens is 2. The van der Waals surface area contributed by atoms with Gasteiger partial charge in [0.1, 0.15) is 0 Å². The van der Waals surface area contributed by atoms with E-state index in [-0.39, 0.29) is 5.91 Å². The van der Waals surface area contributed by atoms with Gasteiger partial charge in [0.25, 0.3) is 5.91 Å². The normalized spacial score (nSPS) is 15.3. The molecule has 2 rings (SSSR count). The molecule has 1 amide bonds. The maximum Gasteiger partial charge on any atom is 0.255 e. The van der Waals surface area contributed by atoms with E-state index in [1.807, 2.05) is 13.8 Å². The van der Waals surface area contributed by atoms with E-state index in [9.17, 15) is 4.79 Å². The fourth-order valence-electron chi connectivity index (χ4n) is 2.44. The Hall–Kier alpha value is -1.58. The molecule has 0 atom stereocenters. The van der Waals surface area contributed by atoms with Crippen LogP contribution < -0.4 is 5.32 Å². The number of hydrogen-bond acceptors (Lipinski definition) is 2. The van der Waals surface area contributed by atoms with Crippen molar-refractivity contribution in [2.24, 2.45) is 0 Å². The lowest BCUT2D eigenvalue weighted by atomic mass is 9.97. The number of hydrogen-bond donors (Lipinski definition) is 2. The maximum absolute atomic E-state index is 12.0. The van der Waals surface area contributed by atoms with Crippen LogP contribution in [0.25, 0.3) is 0 Å². The highest BCUT2D eigenvalue weighted by Crippen LogP contribution is 2.19. The summed E-state index contributed by atoms with van der Waals surface area (Å²) >= 11 is 0. The zero-order valence-corrected chi connectivity index (χ0v) is 11.2. The SMILES string of the molecule is Cc1n[nH]c(C)c1C(=O)NCCC1=CCCCC1. The van der Waals surface area contributed by atoms with Crippen molar-refractivity contribution in [1.29, 1.82) is 0 Å². The van der Waals surface area contributed by atoms with Gasteiger partial charge in [-0.05, 0) is 46.0 Å². The van der Waals surface area contributed by atoms with Crippen LogP contribution in [0.1, 0.15) is 53.8 Å². The van der Waals surface area contributed by atoms with Crippen LogP contribution >= 0.6 is 0 Å². The number of H-pyrrole nitrogens is 1. The van der Waals surface area contributed by atoms with Gasteiger partial charge in [-0.3, -0.25) is 9.89 Å². The molecule has 18 heavy (non-hydrogen) atoms. The number of carbonyl (C=O) groups excluding carboxylic acids is 1. The Labute approximate surface area is 108 Å². The van der Waals surface area contributed by atoms with Crippen molar-refractivity contribution >= 4 is 5.91 Å². The lowest BCUT2D eigenvalue weighted by Crippen LogP contribution is -2.25. The minimum atomic E-state index is -0.0184. The highest BCUT2D eigenvalue weighted by molar-refractivity contribution is 5.96. The number of carbonyl (C=O) groups is 1. The Balaban J connectivity index is 1.83. The first kappa shape index (κ1) is 12.9. The van der Waals surface area contributed by atoms with Crippen LogP contribution in [0.4, 0.5) is 0 Å². The molecule has 1 aromatic heterocycles. The molecule has 0 aromatic carbocycles. The average Bonchev–Trinajstić information content (AvgIpc) is 2.70. The molecule has 1 aromatic rings. The number of rotatable bonds is 4. The predicted octanol–water partition coefficient (Wildman–Crippen LogP) is 2.65. The molecule has 0 radical (unpaired) electrons. The first-order valence-electron chi connectivity index (χ1n) is 6.66. The number of nitrogens with zero attached hydrogens (tertiary/aromatic N) is 1. The Bertz CT molecular complexity index is 440. The summed E-state index contributed by atoms with van der Waals surface area (Å²) in [7, 11) is 0. The van der Waals surface area contributed by atoms with Gasteiger partial charge < -0.3 is 5.32 Å². The molecule has 2 N–H and O–H groups in total. The zero-order chi connectivity index (χ0) is 13.0. The molecule has 98 valence electrons. The predicted molar refractivity (Wildman–Crippen MR) is 71.6 cm³/mol. The Kier molecular flexibility index (Phi) is 4.18. The number of aromatic amines is 1. The number of aryl methyl sites for hydroxylation is 2. The molecule has 0 saturated carbocycles. The molecule has 0 fully saturated rings. The number of amides is 1. The highest BCUT2D eigenvalue weighted by atomic mass is 16.1. The average molecular weight is 247 g/mol. The summed E-state index contributed by atoms with van der Waals surface area (Å²) in [6, 6.07) is 0. The van der Waals surface area contributed by atoms with Crippen LogP contribution in [0.3, 0.4) is 0 Å². The minimum absolute atomic E-state index is 0.0184. The number of allylic oxidation sites excluding steroid dienone is 1. The van der Waals surface area contributed by atoms with Gasteiger partial charge in [-0.2, -0.15) is 5.10 Å². The summed E-state index contributed by atoms with van der Waals surface area (Å²) in [4.78, 5) is 12.0. The molecule has 4 nitrogen and oxygen atoms in total. The second kappa shape index (κ2) is 5.85. The van der Waals surface area contributed by atoms with Crippen molar-refractivity contribution in [3.8, 4) is 0 Å². The lowest BCUT2D eigenvalue weighted by molar-refractivity contribution is 0.0953.